The first-order chi connectivity index (χ1) is 27.6. The highest BCUT2D eigenvalue weighted by molar-refractivity contribution is 6.58. The van der Waals surface area contributed by atoms with Gasteiger partial charge in [-0.2, -0.15) is 0 Å². The third kappa shape index (κ3) is 20.8. The predicted molar refractivity (Wildman–Crippen MR) is 222 cm³/mol. The van der Waals surface area contributed by atoms with Crippen LogP contribution in [0.25, 0.3) is 0 Å². The first-order valence-corrected chi connectivity index (χ1v) is 19.8. The van der Waals surface area contributed by atoms with Crippen LogP contribution in [-0.2, 0) is 51.1 Å². The molecule has 7 N–H and O–H groups in total. The molecule has 6 amide bonds. The van der Waals surface area contributed by atoms with E-state index in [1.54, 1.807) is 38.4 Å². The second-order valence-corrected chi connectivity index (χ2v) is 14.7. The van der Waals surface area contributed by atoms with E-state index in [1.165, 1.54) is 6.92 Å². The zero-order chi connectivity index (χ0) is 42.9. The number of carbonyl (C=O) groups is 7. The molecular formula is C41H62BN7O9. The van der Waals surface area contributed by atoms with Gasteiger partial charge in [-0.25, -0.2) is 0 Å². The first kappa shape index (κ1) is 48.9. The Labute approximate surface area is 342 Å². The van der Waals surface area contributed by atoms with Gasteiger partial charge < -0.3 is 46.6 Å². The lowest BCUT2D eigenvalue weighted by atomic mass is 9.57. The van der Waals surface area contributed by atoms with Crippen molar-refractivity contribution in [2.45, 2.75) is 96.5 Å². The van der Waals surface area contributed by atoms with Crippen LogP contribution in [0.15, 0.2) is 54.6 Å². The van der Waals surface area contributed by atoms with Gasteiger partial charge in [-0.05, 0) is 76.7 Å². The van der Waals surface area contributed by atoms with E-state index < -0.39 is 54.4 Å². The van der Waals surface area contributed by atoms with E-state index in [0.29, 0.717) is 32.2 Å². The number of ether oxygens (including phenoxy) is 2. The van der Waals surface area contributed by atoms with Crippen molar-refractivity contribution in [1.82, 2.24) is 37.1 Å². The summed E-state index contributed by atoms with van der Waals surface area (Å²) < 4.78 is 11.2. The zero-order valence-electron chi connectivity index (χ0n) is 34.8. The molecule has 16 nitrogen and oxygen atoms in total. The largest absolute Gasteiger partial charge is 0.497 e. The number of methoxy groups -OCH3 is 1. The Morgan fingerprint density at radius 1 is 0.741 bits per heavy atom. The molecule has 0 heterocycles. The number of amides is 6. The minimum absolute atomic E-state index is 0.0406. The van der Waals surface area contributed by atoms with Crippen molar-refractivity contribution >= 4 is 48.1 Å². The third-order valence-electron chi connectivity index (χ3n) is 9.20. The van der Waals surface area contributed by atoms with Crippen molar-refractivity contribution in [3.8, 4) is 5.75 Å². The fraction of sp³-hybridized carbons (Fsp3) is 0.537. The van der Waals surface area contributed by atoms with Gasteiger partial charge in [-0.1, -0.05) is 55.7 Å². The molecule has 0 aliphatic heterocycles. The molecule has 0 aliphatic rings. The molecule has 0 bridgehead atoms. The number of carbonyl (C=O) groups excluding carboxylic acids is 7. The molecule has 2 atom stereocenters. The molecular weight excluding hydrogens is 745 g/mol. The maximum atomic E-state index is 12.8. The molecule has 0 radical (unpaired) electrons. The van der Waals surface area contributed by atoms with Gasteiger partial charge in [0.05, 0.1) is 38.4 Å². The molecule has 2 aromatic carbocycles. The van der Waals surface area contributed by atoms with Crippen molar-refractivity contribution < 1.29 is 43.0 Å². The lowest BCUT2D eigenvalue weighted by Gasteiger charge is -2.26. The van der Waals surface area contributed by atoms with Gasteiger partial charge in [-0.3, -0.25) is 33.6 Å². The number of aryl methyl sites for hydroxylation is 1. The summed E-state index contributed by atoms with van der Waals surface area (Å²) in [6.07, 6.45) is 3.56. The van der Waals surface area contributed by atoms with Crippen LogP contribution in [0.4, 0.5) is 0 Å². The molecule has 0 aromatic heterocycles. The van der Waals surface area contributed by atoms with Gasteiger partial charge in [0.25, 0.3) is 6.85 Å². The topological polar surface area (TPSA) is 222 Å². The fourth-order valence-electron chi connectivity index (χ4n) is 5.70. The van der Waals surface area contributed by atoms with Crippen LogP contribution in [-0.4, -0.2) is 113 Å². The van der Waals surface area contributed by atoms with E-state index >= 15 is 0 Å². The Balaban J connectivity index is 1.68. The first-order valence-electron chi connectivity index (χ1n) is 19.8. The Bertz CT molecular complexity index is 1630. The predicted octanol–water partition coefficient (Wildman–Crippen LogP) is 1.09. The molecule has 0 saturated carbocycles. The summed E-state index contributed by atoms with van der Waals surface area (Å²) in [7, 11) is 3.20. The van der Waals surface area contributed by atoms with Crippen LogP contribution in [0.3, 0.4) is 0 Å². The molecule has 58 heavy (non-hydrogen) atoms. The van der Waals surface area contributed by atoms with E-state index in [-0.39, 0.29) is 50.3 Å². The number of nitrogens with one attached hydrogen (secondary N) is 7. The van der Waals surface area contributed by atoms with Crippen LogP contribution in [0, 0.1) is 0 Å². The van der Waals surface area contributed by atoms with E-state index in [4.69, 9.17) is 9.47 Å². The monoisotopic (exact) mass is 807 g/mol. The van der Waals surface area contributed by atoms with Crippen molar-refractivity contribution in [2.24, 2.45) is 0 Å². The summed E-state index contributed by atoms with van der Waals surface area (Å²) >= 11 is 0. The van der Waals surface area contributed by atoms with Gasteiger partial charge >= 0.3 is 0 Å². The number of Topliss-reactive ketones (excluding diaryl/α,β-unsaturated/α-hetero) is 1. The molecule has 0 saturated heterocycles. The summed E-state index contributed by atoms with van der Waals surface area (Å²) in [6, 6.07) is 15.1. The summed E-state index contributed by atoms with van der Waals surface area (Å²) in [5.74, 6) is -2.01. The average molecular weight is 808 g/mol. The van der Waals surface area contributed by atoms with Gasteiger partial charge in [0, 0.05) is 32.4 Å². The minimum Gasteiger partial charge on any atom is -0.497 e. The molecule has 2 rings (SSSR count). The normalized spacial score (nSPS) is 12.0. The Kier molecular flexibility index (Phi) is 22.4. The molecule has 0 spiro atoms. The van der Waals surface area contributed by atoms with Gasteiger partial charge in [0.2, 0.25) is 35.4 Å². The summed E-state index contributed by atoms with van der Waals surface area (Å²) in [4.78, 5) is 87.1. The lowest BCUT2D eigenvalue weighted by Crippen LogP contribution is -2.52. The van der Waals surface area contributed by atoms with E-state index in [0.717, 1.165) is 29.7 Å². The van der Waals surface area contributed by atoms with Crippen molar-refractivity contribution in [3.63, 3.8) is 0 Å². The van der Waals surface area contributed by atoms with Gasteiger partial charge in [0.1, 0.15) is 17.6 Å². The highest BCUT2D eigenvalue weighted by atomic mass is 16.5. The third-order valence-corrected chi connectivity index (χ3v) is 9.20. The SMILES string of the molecule is CCB(CCOC(C)(C)CNC(=O)CCCc1ccc(OC)cc1)NC(=O)CCC(NC)C(=O)NCC(=O)NCC(=O)NC(Cc1ccccc1)C(=O)NCC(C)=O. The van der Waals surface area contributed by atoms with E-state index in [1.807, 2.05) is 51.1 Å². The van der Waals surface area contributed by atoms with Crippen molar-refractivity contribution in [1.29, 1.82) is 0 Å². The van der Waals surface area contributed by atoms with Gasteiger partial charge in [0.15, 0.2) is 0 Å². The average Bonchev–Trinajstić information content (AvgIpc) is 3.20. The van der Waals surface area contributed by atoms with E-state index in [9.17, 15) is 33.6 Å². The maximum absolute atomic E-state index is 12.8. The highest BCUT2D eigenvalue weighted by Gasteiger charge is 2.25. The number of likely N-dealkylation sites (N-methyl/N-ethyl adjacent to an activating group) is 1. The number of hydrogen-bond acceptors (Lipinski definition) is 10. The fourth-order valence-corrected chi connectivity index (χ4v) is 5.70. The second-order valence-electron chi connectivity index (χ2n) is 14.7. The maximum Gasteiger partial charge on any atom is 0.256 e. The molecule has 2 unspecified atom stereocenters. The quantitative estimate of drug-likeness (QED) is 0.0607. The van der Waals surface area contributed by atoms with E-state index in [2.05, 4.69) is 37.1 Å². The standard InChI is InChI=1S/C41H62BN7O9/c1-7-42(22-23-58-41(3,4)28-47-35(51)15-11-14-30-16-18-32(57-6)19-17-30)49-36(52)21-20-33(43-5)39(55)46-26-37(53)44-27-38(54)48-34(40(56)45-25-29(2)50)24-31-12-9-8-10-13-31/h8-10,12-13,16-19,33-34,43H,7,11,14-15,20-28H2,1-6H3,(H,44,53)(H,45,56)(H,46,55)(H,47,51)(H,48,54)(H,49,52). The molecule has 318 valence electrons. The molecule has 2 aromatic rings. The van der Waals surface area contributed by atoms with Crippen LogP contribution < -0.4 is 41.9 Å². The van der Waals surface area contributed by atoms with Crippen LogP contribution in [0.5, 0.6) is 5.75 Å². The van der Waals surface area contributed by atoms with Crippen LogP contribution >= 0.6 is 0 Å². The Hall–Kier alpha value is -5.29. The number of ketones is 1. The lowest BCUT2D eigenvalue weighted by molar-refractivity contribution is -0.131. The number of hydrogen-bond donors (Lipinski definition) is 7. The highest BCUT2D eigenvalue weighted by Crippen LogP contribution is 2.14. The smallest absolute Gasteiger partial charge is 0.256 e. The minimum atomic E-state index is -0.981. The summed E-state index contributed by atoms with van der Waals surface area (Å²) in [5, 5.41) is 18.8. The number of rotatable bonds is 28. The molecule has 0 fully saturated rings. The van der Waals surface area contributed by atoms with Crippen LogP contribution in [0.1, 0.15) is 64.5 Å². The van der Waals surface area contributed by atoms with Crippen LogP contribution in [0.2, 0.25) is 12.6 Å². The summed E-state index contributed by atoms with van der Waals surface area (Å²) in [6.45, 7) is 6.62. The van der Waals surface area contributed by atoms with Gasteiger partial charge in [-0.15, -0.1) is 0 Å². The molecule has 0 aliphatic carbocycles. The van der Waals surface area contributed by atoms with Crippen molar-refractivity contribution in [3.05, 3.63) is 65.7 Å². The Morgan fingerprint density at radius 3 is 2.03 bits per heavy atom. The molecule has 17 heteroatoms. The Morgan fingerprint density at radius 2 is 1.40 bits per heavy atom. The second kappa shape index (κ2) is 26.6. The summed E-state index contributed by atoms with van der Waals surface area (Å²) in [5.41, 5.74) is 1.33. The zero-order valence-corrected chi connectivity index (χ0v) is 34.8. The number of benzene rings is 2. The van der Waals surface area contributed by atoms with Crippen molar-refractivity contribution in [2.75, 3.05) is 46.9 Å².